The first-order valence-electron chi connectivity index (χ1n) is 12.2. The lowest BCUT2D eigenvalue weighted by atomic mass is 10.1. The van der Waals surface area contributed by atoms with Crippen molar-refractivity contribution in [3.8, 4) is 11.5 Å². The number of carbonyl (C=O) groups excluding carboxylic acids is 3. The van der Waals surface area contributed by atoms with E-state index in [9.17, 15) is 24.5 Å². The Bertz CT molecular complexity index is 1510. The van der Waals surface area contributed by atoms with Gasteiger partial charge in [0, 0.05) is 5.69 Å². The van der Waals surface area contributed by atoms with Crippen molar-refractivity contribution in [3.05, 3.63) is 97.4 Å². The van der Waals surface area contributed by atoms with Crippen LogP contribution in [0.3, 0.4) is 0 Å². The number of imide groups is 1. The van der Waals surface area contributed by atoms with E-state index < -0.39 is 28.5 Å². The molecule has 1 N–H and O–H groups in total. The molecule has 1 fully saturated rings. The molecule has 206 valence electrons. The average molecular weight is 562 g/mol. The van der Waals surface area contributed by atoms with E-state index in [2.05, 4.69) is 5.32 Å². The predicted octanol–water partition coefficient (Wildman–Crippen LogP) is 5.78. The molecular weight excluding hydrogens is 534 g/mol. The maximum absolute atomic E-state index is 13.1. The summed E-state index contributed by atoms with van der Waals surface area (Å²) in [5, 5.41) is 14.0. The maximum atomic E-state index is 13.1. The number of carbonyl (C=O) groups is 3. The molecule has 11 heteroatoms. The lowest BCUT2D eigenvalue weighted by Gasteiger charge is -2.16. The highest BCUT2D eigenvalue weighted by atomic mass is 32.2. The van der Waals surface area contributed by atoms with Crippen molar-refractivity contribution in [2.75, 3.05) is 19.0 Å². The number of nitro groups is 1. The first-order valence-corrected chi connectivity index (χ1v) is 13.0. The van der Waals surface area contributed by atoms with E-state index in [1.54, 1.807) is 0 Å². The summed E-state index contributed by atoms with van der Waals surface area (Å²) in [6.45, 7) is 5.33. The summed E-state index contributed by atoms with van der Waals surface area (Å²) >= 11 is 0.603. The summed E-state index contributed by atoms with van der Waals surface area (Å²) in [4.78, 5) is 50.5. The van der Waals surface area contributed by atoms with Gasteiger partial charge < -0.3 is 14.8 Å². The maximum Gasteiger partial charge on any atom is 0.294 e. The molecule has 1 heterocycles. The Kier molecular flexibility index (Phi) is 8.54. The molecule has 3 aromatic carbocycles. The van der Waals surface area contributed by atoms with Crippen LogP contribution in [0.2, 0.25) is 0 Å². The number of methoxy groups -OCH3 is 1. The summed E-state index contributed by atoms with van der Waals surface area (Å²) in [7, 11) is 1.39. The molecule has 10 nitrogen and oxygen atoms in total. The number of hydrogen-bond acceptors (Lipinski definition) is 8. The van der Waals surface area contributed by atoms with E-state index >= 15 is 0 Å². The van der Waals surface area contributed by atoms with Crippen LogP contribution in [0.15, 0.2) is 59.5 Å². The van der Waals surface area contributed by atoms with Crippen molar-refractivity contribution in [3.63, 3.8) is 0 Å². The quantitative estimate of drug-likeness (QED) is 0.198. The largest absolute Gasteiger partial charge is 0.493 e. The highest BCUT2D eigenvalue weighted by molar-refractivity contribution is 8.18. The number of hydrogen-bond donors (Lipinski definition) is 1. The van der Waals surface area contributed by atoms with Crippen molar-refractivity contribution in [2.45, 2.75) is 27.4 Å². The zero-order chi connectivity index (χ0) is 29.0. The van der Waals surface area contributed by atoms with E-state index in [-0.39, 0.29) is 34.3 Å². The van der Waals surface area contributed by atoms with Gasteiger partial charge in [0.05, 0.1) is 28.6 Å². The van der Waals surface area contributed by atoms with Crippen LogP contribution in [0.1, 0.15) is 27.8 Å². The van der Waals surface area contributed by atoms with Crippen molar-refractivity contribution in [1.82, 2.24) is 4.90 Å². The van der Waals surface area contributed by atoms with Gasteiger partial charge in [0.15, 0.2) is 11.5 Å². The fourth-order valence-electron chi connectivity index (χ4n) is 4.32. The lowest BCUT2D eigenvalue weighted by molar-refractivity contribution is -0.385. The molecule has 3 aromatic rings. The number of anilines is 1. The average Bonchev–Trinajstić information content (AvgIpc) is 3.17. The standard InChI is InChI=1S/C29H27N3O7S/c1-17-10-18(2)27(19(3)11-17)30-26(33)15-31-28(34)25(40-29(31)35)13-21-12-23(38-4)24(14-22(21)32(36)37)39-16-20-8-6-5-7-9-20/h5-14H,15-16H2,1-4H3,(H,30,33)/b25-13+. The molecule has 0 aromatic heterocycles. The van der Waals surface area contributed by atoms with Crippen LogP contribution in [-0.2, 0) is 16.2 Å². The highest BCUT2D eigenvalue weighted by Gasteiger charge is 2.37. The van der Waals surface area contributed by atoms with Crippen molar-refractivity contribution in [2.24, 2.45) is 0 Å². The smallest absolute Gasteiger partial charge is 0.294 e. The van der Waals surface area contributed by atoms with Crippen molar-refractivity contribution < 1.29 is 28.8 Å². The van der Waals surface area contributed by atoms with E-state index in [4.69, 9.17) is 9.47 Å². The lowest BCUT2D eigenvalue weighted by Crippen LogP contribution is -2.36. The van der Waals surface area contributed by atoms with Gasteiger partial charge in [0.2, 0.25) is 5.91 Å². The SMILES string of the molecule is COc1cc(/C=C2/SC(=O)N(CC(=O)Nc3c(C)cc(C)cc3C)C2=O)c([N+](=O)[O-])cc1OCc1ccccc1. The van der Waals surface area contributed by atoms with Gasteiger partial charge in [-0.05, 0) is 61.4 Å². The molecule has 0 aliphatic carbocycles. The fourth-order valence-corrected chi connectivity index (χ4v) is 5.15. The van der Waals surface area contributed by atoms with E-state index in [1.807, 2.05) is 63.2 Å². The number of nitro benzene ring substituents is 1. The van der Waals surface area contributed by atoms with Crippen LogP contribution in [0.5, 0.6) is 11.5 Å². The van der Waals surface area contributed by atoms with Gasteiger partial charge in [-0.3, -0.25) is 29.4 Å². The minimum atomic E-state index is -0.722. The van der Waals surface area contributed by atoms with Crippen LogP contribution in [0.4, 0.5) is 16.2 Å². The molecule has 1 saturated heterocycles. The van der Waals surface area contributed by atoms with Gasteiger partial charge >= 0.3 is 0 Å². The Morgan fingerprint density at radius 1 is 1.05 bits per heavy atom. The first kappa shape index (κ1) is 28.4. The minimum Gasteiger partial charge on any atom is -0.493 e. The van der Waals surface area contributed by atoms with E-state index in [0.29, 0.717) is 17.4 Å². The normalized spacial score (nSPS) is 14.0. The molecule has 0 saturated carbocycles. The van der Waals surface area contributed by atoms with Gasteiger partial charge in [0.25, 0.3) is 16.8 Å². The second-order valence-corrected chi connectivity index (χ2v) is 10.2. The van der Waals surface area contributed by atoms with Gasteiger partial charge in [0.1, 0.15) is 13.2 Å². The number of nitrogens with one attached hydrogen (secondary N) is 1. The van der Waals surface area contributed by atoms with Crippen LogP contribution in [0.25, 0.3) is 6.08 Å². The number of ether oxygens (including phenoxy) is 2. The number of amides is 3. The van der Waals surface area contributed by atoms with E-state index in [1.165, 1.54) is 25.3 Å². The molecule has 0 atom stereocenters. The Labute approximate surface area is 235 Å². The molecule has 4 rings (SSSR count). The Morgan fingerprint density at radius 3 is 2.35 bits per heavy atom. The number of thioether (sulfide) groups is 1. The summed E-state index contributed by atoms with van der Waals surface area (Å²) in [6, 6.07) is 15.7. The van der Waals surface area contributed by atoms with Gasteiger partial charge in [-0.25, -0.2) is 0 Å². The summed E-state index contributed by atoms with van der Waals surface area (Å²) < 4.78 is 11.2. The number of rotatable bonds is 9. The zero-order valence-electron chi connectivity index (χ0n) is 22.3. The van der Waals surface area contributed by atoms with Gasteiger partial charge in [-0.15, -0.1) is 0 Å². The van der Waals surface area contributed by atoms with E-state index in [0.717, 1.165) is 27.2 Å². The Hall–Kier alpha value is -4.64. The molecular formula is C29H27N3O7S. The topological polar surface area (TPSA) is 128 Å². The molecule has 0 unspecified atom stereocenters. The van der Waals surface area contributed by atoms with Crippen LogP contribution in [-0.4, -0.2) is 40.5 Å². The molecule has 1 aliphatic heterocycles. The van der Waals surface area contributed by atoms with Crippen LogP contribution in [0, 0.1) is 30.9 Å². The number of nitrogens with zero attached hydrogens (tertiary/aromatic N) is 2. The summed E-state index contributed by atoms with van der Waals surface area (Å²) in [5.74, 6) is -0.886. The van der Waals surface area contributed by atoms with Crippen molar-refractivity contribution >= 4 is 46.3 Å². The second kappa shape index (κ2) is 12.0. The second-order valence-electron chi connectivity index (χ2n) is 9.18. The molecule has 0 spiro atoms. The fraction of sp³-hybridized carbons (Fsp3) is 0.207. The predicted molar refractivity (Wildman–Crippen MR) is 152 cm³/mol. The number of aryl methyl sites for hydroxylation is 3. The number of benzene rings is 3. The highest BCUT2D eigenvalue weighted by Crippen LogP contribution is 2.39. The molecule has 1 aliphatic rings. The summed E-state index contributed by atoms with van der Waals surface area (Å²) in [6.07, 6.45) is 1.25. The molecule has 0 radical (unpaired) electrons. The minimum absolute atomic E-state index is 0.0507. The zero-order valence-corrected chi connectivity index (χ0v) is 23.2. The van der Waals surface area contributed by atoms with Crippen molar-refractivity contribution in [1.29, 1.82) is 0 Å². The third kappa shape index (κ3) is 6.32. The van der Waals surface area contributed by atoms with Gasteiger partial charge in [-0.2, -0.15) is 0 Å². The third-order valence-corrected chi connectivity index (χ3v) is 7.06. The molecule has 3 amide bonds. The third-order valence-electron chi connectivity index (χ3n) is 6.15. The first-order chi connectivity index (χ1) is 19.1. The molecule has 40 heavy (non-hydrogen) atoms. The Morgan fingerprint density at radius 2 is 1.73 bits per heavy atom. The van der Waals surface area contributed by atoms with Gasteiger partial charge in [-0.1, -0.05) is 48.0 Å². The Balaban J connectivity index is 1.55. The monoisotopic (exact) mass is 561 g/mol. The molecule has 0 bridgehead atoms. The van der Waals surface area contributed by atoms with Crippen LogP contribution >= 0.6 is 11.8 Å². The van der Waals surface area contributed by atoms with Crippen LogP contribution < -0.4 is 14.8 Å². The summed E-state index contributed by atoms with van der Waals surface area (Å²) in [5.41, 5.74) is 3.96.